The van der Waals surface area contributed by atoms with Crippen LogP contribution in [0.4, 0.5) is 11.9 Å². The molecule has 1 N–H and O–H groups in total. The van der Waals surface area contributed by atoms with Crippen LogP contribution in [0.1, 0.15) is 43.4 Å². The molecule has 1 saturated heterocycles. The zero-order valence-corrected chi connectivity index (χ0v) is 17.6. The number of imidazole rings is 1. The lowest BCUT2D eigenvalue weighted by atomic mass is 10.2. The predicted molar refractivity (Wildman–Crippen MR) is 111 cm³/mol. The molecule has 2 aromatic heterocycles. The number of hydrazine groups is 1. The van der Waals surface area contributed by atoms with E-state index in [4.69, 9.17) is 9.97 Å². The maximum Gasteiger partial charge on any atom is 0.244 e. The molecule has 9 nitrogen and oxygen atoms in total. The Morgan fingerprint density at radius 2 is 1.89 bits per heavy atom. The highest BCUT2D eigenvalue weighted by Gasteiger charge is 2.25. The molecule has 9 heteroatoms. The standard InChI is InChI=1S/C19H31N9/c1-6-24(4)27-13-16(22-28-15(3)14(2)20-19(27)28)9-10-17-21-18(23-25(17)5)26-11-7-8-12-26/h13,22H,6-12H2,1-5H3. The summed E-state index contributed by atoms with van der Waals surface area (Å²) in [5.41, 5.74) is 6.83. The summed E-state index contributed by atoms with van der Waals surface area (Å²) < 4.78 is 3.99. The molecule has 2 aliphatic rings. The third kappa shape index (κ3) is 3.34. The number of aryl methyl sites for hydroxylation is 3. The first-order valence-electron chi connectivity index (χ1n) is 10.2. The van der Waals surface area contributed by atoms with Crippen molar-refractivity contribution >= 4 is 11.9 Å². The fourth-order valence-electron chi connectivity index (χ4n) is 3.70. The van der Waals surface area contributed by atoms with Gasteiger partial charge in [-0.15, -0.1) is 5.10 Å². The Balaban J connectivity index is 1.51. The van der Waals surface area contributed by atoms with Crippen molar-refractivity contribution < 1.29 is 0 Å². The van der Waals surface area contributed by atoms with Crippen molar-refractivity contribution in [1.29, 1.82) is 0 Å². The molecule has 0 aliphatic carbocycles. The molecular formula is C19H31N9. The van der Waals surface area contributed by atoms with E-state index in [2.05, 4.69) is 57.2 Å². The van der Waals surface area contributed by atoms with Crippen LogP contribution in [0.5, 0.6) is 0 Å². The molecule has 28 heavy (non-hydrogen) atoms. The summed E-state index contributed by atoms with van der Waals surface area (Å²) in [6, 6.07) is 0. The molecule has 0 atom stereocenters. The maximum atomic E-state index is 4.79. The van der Waals surface area contributed by atoms with Gasteiger partial charge in [0.1, 0.15) is 5.82 Å². The van der Waals surface area contributed by atoms with Crippen LogP contribution >= 0.6 is 0 Å². The van der Waals surface area contributed by atoms with Crippen LogP contribution in [0.2, 0.25) is 0 Å². The number of nitrogens with zero attached hydrogens (tertiary/aromatic N) is 8. The van der Waals surface area contributed by atoms with Crippen LogP contribution in [0.3, 0.4) is 0 Å². The van der Waals surface area contributed by atoms with Crippen molar-refractivity contribution in [2.24, 2.45) is 7.05 Å². The lowest BCUT2D eigenvalue weighted by Gasteiger charge is -2.34. The minimum Gasteiger partial charge on any atom is -0.340 e. The highest BCUT2D eigenvalue weighted by atomic mass is 15.7. The Bertz CT molecular complexity index is 872. The van der Waals surface area contributed by atoms with Gasteiger partial charge in [0.25, 0.3) is 0 Å². The van der Waals surface area contributed by atoms with E-state index in [1.54, 1.807) is 0 Å². The van der Waals surface area contributed by atoms with Crippen molar-refractivity contribution in [2.75, 3.05) is 42.0 Å². The van der Waals surface area contributed by atoms with E-state index in [-0.39, 0.29) is 0 Å². The van der Waals surface area contributed by atoms with Gasteiger partial charge >= 0.3 is 0 Å². The summed E-state index contributed by atoms with van der Waals surface area (Å²) in [7, 11) is 4.07. The summed E-state index contributed by atoms with van der Waals surface area (Å²) in [5.74, 6) is 2.79. The summed E-state index contributed by atoms with van der Waals surface area (Å²) >= 11 is 0. The molecule has 4 heterocycles. The highest BCUT2D eigenvalue weighted by Crippen LogP contribution is 2.25. The molecule has 152 valence electrons. The predicted octanol–water partition coefficient (Wildman–Crippen LogP) is 1.93. The van der Waals surface area contributed by atoms with Gasteiger partial charge in [0.2, 0.25) is 11.9 Å². The number of anilines is 2. The van der Waals surface area contributed by atoms with Crippen LogP contribution in [0.15, 0.2) is 11.9 Å². The summed E-state index contributed by atoms with van der Waals surface area (Å²) in [6.07, 6.45) is 6.30. The normalized spacial score (nSPS) is 16.6. The minimum atomic E-state index is 0.835. The van der Waals surface area contributed by atoms with Gasteiger partial charge < -0.3 is 4.90 Å². The first-order valence-corrected chi connectivity index (χ1v) is 10.2. The molecule has 0 saturated carbocycles. The van der Waals surface area contributed by atoms with Crippen molar-refractivity contribution in [1.82, 2.24) is 29.4 Å². The van der Waals surface area contributed by atoms with Crippen molar-refractivity contribution in [3.8, 4) is 0 Å². The number of hydrogen-bond acceptors (Lipinski definition) is 7. The van der Waals surface area contributed by atoms with Gasteiger partial charge in [0.05, 0.1) is 17.1 Å². The quantitative estimate of drug-likeness (QED) is 0.815. The summed E-state index contributed by atoms with van der Waals surface area (Å²) in [5, 5.41) is 8.91. The van der Waals surface area contributed by atoms with Crippen LogP contribution in [0, 0.1) is 13.8 Å². The fourth-order valence-corrected chi connectivity index (χ4v) is 3.70. The molecule has 0 amide bonds. The molecular weight excluding hydrogens is 354 g/mol. The third-order valence-corrected chi connectivity index (χ3v) is 5.74. The van der Waals surface area contributed by atoms with Gasteiger partial charge in [0, 0.05) is 46.4 Å². The zero-order valence-electron chi connectivity index (χ0n) is 17.6. The SMILES string of the molecule is CCN(C)N1C=C(CCc2nc(N3CCCC3)nn2C)Nn2c1nc(C)c2C. The molecule has 2 aromatic rings. The monoisotopic (exact) mass is 385 g/mol. The van der Waals surface area contributed by atoms with Crippen molar-refractivity contribution in [3.63, 3.8) is 0 Å². The van der Waals surface area contributed by atoms with E-state index in [1.165, 1.54) is 12.8 Å². The molecule has 0 bridgehead atoms. The largest absolute Gasteiger partial charge is 0.340 e. The molecule has 0 radical (unpaired) electrons. The number of hydrogen-bond donors (Lipinski definition) is 1. The van der Waals surface area contributed by atoms with E-state index < -0.39 is 0 Å². The van der Waals surface area contributed by atoms with E-state index >= 15 is 0 Å². The molecule has 1 fully saturated rings. The first kappa shape index (κ1) is 18.8. The van der Waals surface area contributed by atoms with Gasteiger partial charge in [-0.05, 0) is 33.1 Å². The summed E-state index contributed by atoms with van der Waals surface area (Å²) in [6.45, 7) is 9.31. The minimum absolute atomic E-state index is 0.835. The topological polar surface area (TPSA) is 70.3 Å². The summed E-state index contributed by atoms with van der Waals surface area (Å²) in [4.78, 5) is 11.8. The second-order valence-corrected chi connectivity index (χ2v) is 7.65. The Labute approximate surface area is 166 Å². The average Bonchev–Trinajstić information content (AvgIpc) is 3.40. The van der Waals surface area contributed by atoms with Crippen LogP contribution in [-0.4, -0.2) is 56.1 Å². The Morgan fingerprint density at radius 3 is 2.61 bits per heavy atom. The second kappa shape index (κ2) is 7.46. The Kier molecular flexibility index (Phi) is 5.01. The van der Waals surface area contributed by atoms with Gasteiger partial charge in [-0.1, -0.05) is 6.92 Å². The maximum absolute atomic E-state index is 4.79. The smallest absolute Gasteiger partial charge is 0.244 e. The van der Waals surface area contributed by atoms with Crippen LogP contribution in [-0.2, 0) is 13.5 Å². The lowest BCUT2D eigenvalue weighted by Crippen LogP contribution is -2.42. The van der Waals surface area contributed by atoms with Gasteiger partial charge in [0.15, 0.2) is 0 Å². The lowest BCUT2D eigenvalue weighted by molar-refractivity contribution is 0.342. The number of aromatic nitrogens is 5. The van der Waals surface area contributed by atoms with Gasteiger partial charge in [-0.3, -0.25) is 10.1 Å². The number of nitrogens with one attached hydrogen (secondary N) is 1. The Morgan fingerprint density at radius 1 is 1.14 bits per heavy atom. The average molecular weight is 386 g/mol. The molecule has 0 unspecified atom stereocenters. The van der Waals surface area contributed by atoms with E-state index in [1.807, 2.05) is 18.7 Å². The van der Waals surface area contributed by atoms with E-state index in [0.717, 1.165) is 67.3 Å². The van der Waals surface area contributed by atoms with Gasteiger partial charge in [-0.2, -0.15) is 4.98 Å². The molecule has 2 aliphatic heterocycles. The van der Waals surface area contributed by atoms with E-state index in [0.29, 0.717) is 0 Å². The van der Waals surface area contributed by atoms with Crippen molar-refractivity contribution in [2.45, 2.75) is 46.5 Å². The third-order valence-electron chi connectivity index (χ3n) is 5.74. The molecule has 4 rings (SSSR count). The van der Waals surface area contributed by atoms with E-state index in [9.17, 15) is 0 Å². The Hall–Kier alpha value is -2.55. The molecule has 0 spiro atoms. The molecule has 0 aromatic carbocycles. The fraction of sp³-hybridized carbons (Fsp3) is 0.632. The number of rotatable bonds is 6. The number of fused-ring (bicyclic) bond motifs is 1. The van der Waals surface area contributed by atoms with Crippen LogP contribution in [0.25, 0.3) is 0 Å². The zero-order chi connectivity index (χ0) is 19.8. The highest BCUT2D eigenvalue weighted by molar-refractivity contribution is 5.46. The number of allylic oxidation sites excluding steroid dienone is 1. The second-order valence-electron chi connectivity index (χ2n) is 7.65. The van der Waals surface area contributed by atoms with Gasteiger partial charge in [-0.25, -0.2) is 19.7 Å². The van der Waals surface area contributed by atoms with Crippen molar-refractivity contribution in [3.05, 3.63) is 29.1 Å². The van der Waals surface area contributed by atoms with Crippen LogP contribution < -0.4 is 15.3 Å². The first-order chi connectivity index (χ1) is 13.5.